The van der Waals surface area contributed by atoms with Crippen molar-refractivity contribution in [1.82, 2.24) is 0 Å². The van der Waals surface area contributed by atoms with E-state index < -0.39 is 5.79 Å². The van der Waals surface area contributed by atoms with Crippen molar-refractivity contribution in [2.75, 3.05) is 0 Å². The Bertz CT molecular complexity index is 257. The molecule has 0 saturated carbocycles. The summed E-state index contributed by atoms with van der Waals surface area (Å²) in [4.78, 5) is 23.2. The normalized spacial score (nSPS) is 12.1. The highest BCUT2D eigenvalue weighted by Crippen LogP contribution is 2.25. The predicted molar refractivity (Wildman–Crippen MR) is 65.1 cm³/mol. The third kappa shape index (κ3) is 4.75. The first-order valence-corrected chi connectivity index (χ1v) is 6.05. The van der Waals surface area contributed by atoms with Gasteiger partial charge in [-0.1, -0.05) is 41.5 Å². The molecule has 0 aliphatic heterocycles. The first kappa shape index (κ1) is 15.9. The molecule has 4 nitrogen and oxygen atoms in total. The van der Waals surface area contributed by atoms with Gasteiger partial charge in [-0.3, -0.25) is 9.59 Å². The Morgan fingerprint density at radius 3 is 1.29 bits per heavy atom. The molecule has 0 fully saturated rings. The van der Waals surface area contributed by atoms with Crippen molar-refractivity contribution in [3.8, 4) is 0 Å². The topological polar surface area (TPSA) is 52.6 Å². The highest BCUT2D eigenvalue weighted by Gasteiger charge is 2.38. The molecule has 0 atom stereocenters. The van der Waals surface area contributed by atoms with Gasteiger partial charge in [-0.15, -0.1) is 0 Å². The van der Waals surface area contributed by atoms with Crippen LogP contribution in [0.1, 0.15) is 48.5 Å². The lowest BCUT2D eigenvalue weighted by Gasteiger charge is -2.33. The van der Waals surface area contributed by atoms with Crippen LogP contribution in [0.4, 0.5) is 0 Å². The average Bonchev–Trinajstić information content (AvgIpc) is 2.16. The molecule has 0 heterocycles. The van der Waals surface area contributed by atoms with Gasteiger partial charge in [0.2, 0.25) is 0 Å². The molecule has 0 aliphatic carbocycles. The van der Waals surface area contributed by atoms with E-state index in [2.05, 4.69) is 0 Å². The van der Waals surface area contributed by atoms with E-state index >= 15 is 0 Å². The molecule has 100 valence electrons. The standard InChI is InChI=1S/C13H24O4/c1-8(2)11(14)16-13(7,10(5)6)17-12(15)9(3)4/h8-10H,1-7H3. The molecule has 0 bridgehead atoms. The summed E-state index contributed by atoms with van der Waals surface area (Å²) in [6.07, 6.45) is 0. The van der Waals surface area contributed by atoms with Crippen LogP contribution in [-0.4, -0.2) is 17.7 Å². The Morgan fingerprint density at radius 2 is 1.12 bits per heavy atom. The van der Waals surface area contributed by atoms with Gasteiger partial charge in [0.05, 0.1) is 11.8 Å². The van der Waals surface area contributed by atoms with Gasteiger partial charge in [-0.2, -0.15) is 0 Å². The van der Waals surface area contributed by atoms with E-state index in [1.165, 1.54) is 0 Å². The molecule has 4 heteroatoms. The molecule has 0 N–H and O–H groups in total. The zero-order valence-electron chi connectivity index (χ0n) is 11.9. The van der Waals surface area contributed by atoms with Crippen molar-refractivity contribution >= 4 is 11.9 Å². The van der Waals surface area contributed by atoms with Gasteiger partial charge in [0, 0.05) is 12.8 Å². The lowest BCUT2D eigenvalue weighted by atomic mass is 10.0. The van der Waals surface area contributed by atoms with Crippen LogP contribution in [0.15, 0.2) is 0 Å². The monoisotopic (exact) mass is 244 g/mol. The average molecular weight is 244 g/mol. The van der Waals surface area contributed by atoms with Crippen molar-refractivity contribution in [2.24, 2.45) is 17.8 Å². The minimum Gasteiger partial charge on any atom is -0.422 e. The van der Waals surface area contributed by atoms with Crippen molar-refractivity contribution < 1.29 is 19.1 Å². The van der Waals surface area contributed by atoms with Crippen LogP contribution >= 0.6 is 0 Å². The number of rotatable bonds is 5. The summed E-state index contributed by atoms with van der Waals surface area (Å²) in [5.41, 5.74) is 0. The maximum atomic E-state index is 11.6. The second kappa shape index (κ2) is 6.03. The van der Waals surface area contributed by atoms with Crippen LogP contribution in [0.25, 0.3) is 0 Å². The van der Waals surface area contributed by atoms with Gasteiger partial charge in [-0.25, -0.2) is 0 Å². The summed E-state index contributed by atoms with van der Waals surface area (Å²) in [6, 6.07) is 0. The molecular formula is C13H24O4. The molecule has 0 aromatic carbocycles. The minimum absolute atomic E-state index is 0.104. The Hall–Kier alpha value is -1.06. The number of hydrogen-bond donors (Lipinski definition) is 0. The highest BCUT2D eigenvalue weighted by molar-refractivity contribution is 5.74. The summed E-state index contributed by atoms with van der Waals surface area (Å²) < 4.78 is 10.6. The molecule has 17 heavy (non-hydrogen) atoms. The Labute approximate surface area is 104 Å². The van der Waals surface area contributed by atoms with E-state index in [-0.39, 0.29) is 29.7 Å². The van der Waals surface area contributed by atoms with Crippen LogP contribution in [0.3, 0.4) is 0 Å². The van der Waals surface area contributed by atoms with Gasteiger partial charge >= 0.3 is 11.9 Å². The summed E-state index contributed by atoms with van der Waals surface area (Å²) in [7, 11) is 0. The molecular weight excluding hydrogens is 220 g/mol. The first-order chi connectivity index (χ1) is 7.60. The Balaban J connectivity index is 4.80. The first-order valence-electron chi connectivity index (χ1n) is 6.05. The molecule has 0 rings (SSSR count). The van der Waals surface area contributed by atoms with E-state index in [4.69, 9.17) is 9.47 Å². The number of hydrogen-bond acceptors (Lipinski definition) is 4. The van der Waals surface area contributed by atoms with Crippen molar-refractivity contribution in [3.05, 3.63) is 0 Å². The number of carbonyl (C=O) groups excluding carboxylic acids is 2. The number of esters is 2. The zero-order chi connectivity index (χ0) is 13.8. The SMILES string of the molecule is CC(C)C(=O)OC(C)(OC(=O)C(C)C)C(C)C. The van der Waals surface area contributed by atoms with Gasteiger partial charge in [0.25, 0.3) is 5.79 Å². The van der Waals surface area contributed by atoms with E-state index in [1.807, 2.05) is 13.8 Å². The second-order valence-corrected chi connectivity index (χ2v) is 5.32. The minimum atomic E-state index is -1.19. The summed E-state index contributed by atoms with van der Waals surface area (Å²) in [5.74, 6) is -2.51. The van der Waals surface area contributed by atoms with Gasteiger partial charge in [-0.05, 0) is 0 Å². The van der Waals surface area contributed by atoms with Crippen molar-refractivity contribution in [1.29, 1.82) is 0 Å². The maximum absolute atomic E-state index is 11.6. The molecule has 0 spiro atoms. The Morgan fingerprint density at radius 1 is 0.824 bits per heavy atom. The molecule has 0 radical (unpaired) electrons. The summed E-state index contributed by atoms with van der Waals surface area (Å²) in [5, 5.41) is 0. The molecule has 0 saturated heterocycles. The van der Waals surface area contributed by atoms with E-state index in [0.717, 1.165) is 0 Å². The van der Waals surface area contributed by atoms with Crippen molar-refractivity contribution in [2.45, 2.75) is 54.3 Å². The smallest absolute Gasteiger partial charge is 0.311 e. The number of carbonyl (C=O) groups is 2. The van der Waals surface area contributed by atoms with E-state index in [1.54, 1.807) is 34.6 Å². The fraction of sp³-hybridized carbons (Fsp3) is 0.846. The van der Waals surface area contributed by atoms with E-state index in [0.29, 0.717) is 0 Å². The van der Waals surface area contributed by atoms with E-state index in [9.17, 15) is 9.59 Å². The number of ether oxygens (including phenoxy) is 2. The quantitative estimate of drug-likeness (QED) is 0.551. The van der Waals surface area contributed by atoms with Gasteiger partial charge in [0.15, 0.2) is 0 Å². The van der Waals surface area contributed by atoms with Crippen LogP contribution < -0.4 is 0 Å². The van der Waals surface area contributed by atoms with Gasteiger partial charge < -0.3 is 9.47 Å². The third-order valence-corrected chi connectivity index (χ3v) is 2.60. The second-order valence-electron chi connectivity index (χ2n) is 5.32. The van der Waals surface area contributed by atoms with Crippen molar-refractivity contribution in [3.63, 3.8) is 0 Å². The van der Waals surface area contributed by atoms with Crippen LogP contribution in [-0.2, 0) is 19.1 Å². The summed E-state index contributed by atoms with van der Waals surface area (Å²) in [6.45, 7) is 12.3. The Kier molecular flexibility index (Phi) is 5.66. The molecule has 0 aromatic heterocycles. The summed E-state index contributed by atoms with van der Waals surface area (Å²) >= 11 is 0. The molecule has 0 unspecified atom stereocenters. The molecule has 0 aliphatic rings. The fourth-order valence-corrected chi connectivity index (χ4v) is 0.892. The third-order valence-electron chi connectivity index (χ3n) is 2.60. The fourth-order valence-electron chi connectivity index (χ4n) is 0.892. The highest BCUT2D eigenvalue weighted by atomic mass is 16.7. The predicted octanol–water partition coefficient (Wildman–Crippen LogP) is 2.76. The van der Waals surface area contributed by atoms with Crippen LogP contribution in [0, 0.1) is 17.8 Å². The zero-order valence-corrected chi connectivity index (χ0v) is 11.9. The maximum Gasteiger partial charge on any atom is 0.311 e. The lowest BCUT2D eigenvalue weighted by molar-refractivity contribution is -0.241. The lowest BCUT2D eigenvalue weighted by Crippen LogP contribution is -2.43. The largest absolute Gasteiger partial charge is 0.422 e. The van der Waals surface area contributed by atoms with Crippen LogP contribution in [0.2, 0.25) is 0 Å². The van der Waals surface area contributed by atoms with Crippen LogP contribution in [0.5, 0.6) is 0 Å². The molecule has 0 amide bonds. The van der Waals surface area contributed by atoms with Gasteiger partial charge in [0.1, 0.15) is 0 Å². The molecule has 0 aromatic rings.